The number of amides is 1. The van der Waals surface area contributed by atoms with Crippen LogP contribution in [0.25, 0.3) is 0 Å². The summed E-state index contributed by atoms with van der Waals surface area (Å²) in [5, 5.41) is 7.67. The van der Waals surface area contributed by atoms with Gasteiger partial charge >= 0.3 is 0 Å². The fourth-order valence-corrected chi connectivity index (χ4v) is 4.31. The third-order valence-electron chi connectivity index (χ3n) is 5.90. The molecule has 2 heterocycles. The number of guanidine groups is 1. The molecule has 0 saturated carbocycles. The SMILES string of the molecule is CCC(=O)N1CCC(NC(=NC)NCCCN2CCN(c3cccc(Cl)c3)CC2)C1. The van der Waals surface area contributed by atoms with Crippen molar-refractivity contribution in [1.29, 1.82) is 0 Å². The average molecular weight is 435 g/mol. The van der Waals surface area contributed by atoms with E-state index in [0.29, 0.717) is 6.42 Å². The molecule has 0 bridgehead atoms. The molecule has 2 fully saturated rings. The van der Waals surface area contributed by atoms with Crippen molar-refractivity contribution < 1.29 is 4.79 Å². The Kier molecular flexibility index (Phi) is 8.63. The number of nitrogens with one attached hydrogen (secondary N) is 2. The molecular formula is C22H35ClN6O. The minimum atomic E-state index is 0.234. The van der Waals surface area contributed by atoms with Crippen molar-refractivity contribution in [3.8, 4) is 0 Å². The molecule has 0 aliphatic carbocycles. The normalized spacial score (nSPS) is 20.5. The molecule has 0 aromatic heterocycles. The zero-order valence-corrected chi connectivity index (χ0v) is 19.0. The van der Waals surface area contributed by atoms with Gasteiger partial charge in [0.2, 0.25) is 5.91 Å². The molecule has 1 aromatic rings. The number of aliphatic imine (C=N–C) groups is 1. The van der Waals surface area contributed by atoms with Crippen LogP contribution in [0, 0.1) is 0 Å². The van der Waals surface area contributed by atoms with Crippen LogP contribution in [0.2, 0.25) is 5.02 Å². The van der Waals surface area contributed by atoms with Crippen LogP contribution in [0.1, 0.15) is 26.2 Å². The predicted molar refractivity (Wildman–Crippen MR) is 124 cm³/mol. The highest BCUT2D eigenvalue weighted by Crippen LogP contribution is 2.20. The van der Waals surface area contributed by atoms with Gasteiger partial charge in [-0.3, -0.25) is 14.7 Å². The highest BCUT2D eigenvalue weighted by Gasteiger charge is 2.25. The Bertz CT molecular complexity index is 719. The molecule has 3 rings (SSSR count). The van der Waals surface area contributed by atoms with E-state index in [1.165, 1.54) is 5.69 Å². The highest BCUT2D eigenvalue weighted by molar-refractivity contribution is 6.30. The van der Waals surface area contributed by atoms with Gasteiger partial charge in [0.05, 0.1) is 0 Å². The van der Waals surface area contributed by atoms with Crippen molar-refractivity contribution in [2.45, 2.75) is 32.2 Å². The Labute approximate surface area is 185 Å². The quantitative estimate of drug-likeness (QED) is 0.390. The number of piperazine rings is 1. The minimum Gasteiger partial charge on any atom is -0.369 e. The van der Waals surface area contributed by atoms with Gasteiger partial charge in [0.15, 0.2) is 5.96 Å². The number of carbonyl (C=O) groups is 1. The van der Waals surface area contributed by atoms with Gasteiger partial charge in [-0.25, -0.2) is 0 Å². The molecule has 1 amide bonds. The molecule has 30 heavy (non-hydrogen) atoms. The lowest BCUT2D eigenvalue weighted by molar-refractivity contribution is -0.129. The molecule has 1 aromatic carbocycles. The first-order valence-corrected chi connectivity index (χ1v) is 11.4. The first-order valence-electron chi connectivity index (χ1n) is 11.1. The summed E-state index contributed by atoms with van der Waals surface area (Å²) in [6.45, 7) is 9.70. The molecule has 166 valence electrons. The number of rotatable bonds is 7. The third-order valence-corrected chi connectivity index (χ3v) is 6.13. The average Bonchev–Trinajstić information content (AvgIpc) is 3.24. The zero-order valence-electron chi connectivity index (χ0n) is 18.2. The number of hydrogen-bond donors (Lipinski definition) is 2. The summed E-state index contributed by atoms with van der Waals surface area (Å²) in [6, 6.07) is 8.39. The van der Waals surface area contributed by atoms with Crippen LogP contribution in [-0.2, 0) is 4.79 Å². The summed E-state index contributed by atoms with van der Waals surface area (Å²) in [7, 11) is 1.80. The fraction of sp³-hybridized carbons (Fsp3) is 0.636. The minimum absolute atomic E-state index is 0.234. The van der Waals surface area contributed by atoms with Crippen molar-refractivity contribution in [3.63, 3.8) is 0 Å². The maximum atomic E-state index is 11.8. The van der Waals surface area contributed by atoms with E-state index in [2.05, 4.69) is 31.5 Å². The monoisotopic (exact) mass is 434 g/mol. The van der Waals surface area contributed by atoms with Crippen LogP contribution in [0.15, 0.2) is 29.3 Å². The largest absolute Gasteiger partial charge is 0.369 e. The lowest BCUT2D eigenvalue weighted by Crippen LogP contribution is -2.48. The van der Waals surface area contributed by atoms with E-state index in [0.717, 1.165) is 76.2 Å². The number of benzene rings is 1. The van der Waals surface area contributed by atoms with Gasteiger partial charge in [-0.15, -0.1) is 0 Å². The summed E-state index contributed by atoms with van der Waals surface area (Å²) in [6.07, 6.45) is 2.62. The second-order valence-corrected chi connectivity index (χ2v) is 8.42. The molecule has 2 saturated heterocycles. The number of nitrogens with zero attached hydrogens (tertiary/aromatic N) is 4. The van der Waals surface area contributed by atoms with Crippen molar-refractivity contribution in [1.82, 2.24) is 20.4 Å². The molecule has 0 radical (unpaired) electrons. The van der Waals surface area contributed by atoms with Crippen LogP contribution in [0.4, 0.5) is 5.69 Å². The summed E-state index contributed by atoms with van der Waals surface area (Å²) in [5.41, 5.74) is 1.21. The van der Waals surface area contributed by atoms with E-state index in [9.17, 15) is 4.79 Å². The Hall–Kier alpha value is -1.99. The van der Waals surface area contributed by atoms with Gasteiger partial charge in [0, 0.05) is 76.0 Å². The molecule has 2 aliphatic heterocycles. The van der Waals surface area contributed by atoms with Crippen molar-refractivity contribution in [3.05, 3.63) is 29.3 Å². The molecule has 2 N–H and O–H groups in total. The molecule has 1 unspecified atom stereocenters. The molecule has 7 nitrogen and oxygen atoms in total. The van der Waals surface area contributed by atoms with E-state index in [-0.39, 0.29) is 11.9 Å². The first kappa shape index (κ1) is 22.7. The molecule has 2 aliphatic rings. The van der Waals surface area contributed by atoms with E-state index in [4.69, 9.17) is 11.6 Å². The van der Waals surface area contributed by atoms with Gasteiger partial charge in [-0.05, 0) is 37.6 Å². The third kappa shape index (κ3) is 6.51. The summed E-state index contributed by atoms with van der Waals surface area (Å²) < 4.78 is 0. The Balaban J connectivity index is 1.31. The number of halogens is 1. The Morgan fingerprint density at radius 2 is 2.03 bits per heavy atom. The highest BCUT2D eigenvalue weighted by atomic mass is 35.5. The predicted octanol–water partition coefficient (Wildman–Crippen LogP) is 2.03. The van der Waals surface area contributed by atoms with Gasteiger partial charge in [-0.2, -0.15) is 0 Å². The van der Waals surface area contributed by atoms with Crippen molar-refractivity contribution in [2.75, 3.05) is 64.3 Å². The summed E-state index contributed by atoms with van der Waals surface area (Å²) in [4.78, 5) is 23.0. The van der Waals surface area contributed by atoms with E-state index in [1.54, 1.807) is 7.05 Å². The zero-order chi connectivity index (χ0) is 21.3. The van der Waals surface area contributed by atoms with Crippen molar-refractivity contribution >= 4 is 29.2 Å². The van der Waals surface area contributed by atoms with Crippen LogP contribution in [0.3, 0.4) is 0 Å². The maximum absolute atomic E-state index is 11.8. The van der Waals surface area contributed by atoms with Crippen molar-refractivity contribution in [2.24, 2.45) is 4.99 Å². The summed E-state index contributed by atoms with van der Waals surface area (Å²) >= 11 is 6.12. The lowest BCUT2D eigenvalue weighted by Gasteiger charge is -2.36. The molecule has 1 atom stereocenters. The number of likely N-dealkylation sites (tertiary alicyclic amines) is 1. The molecule has 0 spiro atoms. The molecule has 8 heteroatoms. The van der Waals surface area contributed by atoms with E-state index >= 15 is 0 Å². The van der Waals surface area contributed by atoms with E-state index in [1.807, 2.05) is 30.0 Å². The van der Waals surface area contributed by atoms with E-state index < -0.39 is 0 Å². The maximum Gasteiger partial charge on any atom is 0.222 e. The smallest absolute Gasteiger partial charge is 0.222 e. The van der Waals surface area contributed by atoms with Gasteiger partial charge < -0.3 is 20.4 Å². The lowest BCUT2D eigenvalue weighted by atomic mass is 10.2. The summed E-state index contributed by atoms with van der Waals surface area (Å²) in [5.74, 6) is 1.06. The van der Waals surface area contributed by atoms with Gasteiger partial charge in [-0.1, -0.05) is 24.6 Å². The Morgan fingerprint density at radius 3 is 2.73 bits per heavy atom. The van der Waals surface area contributed by atoms with Crippen LogP contribution in [0.5, 0.6) is 0 Å². The van der Waals surface area contributed by atoms with Crippen LogP contribution >= 0.6 is 11.6 Å². The fourth-order valence-electron chi connectivity index (χ4n) is 4.13. The second kappa shape index (κ2) is 11.4. The van der Waals surface area contributed by atoms with Gasteiger partial charge in [0.1, 0.15) is 0 Å². The first-order chi connectivity index (χ1) is 14.6. The number of hydrogen-bond acceptors (Lipinski definition) is 4. The standard InChI is InChI=1S/C22H35ClN6O/c1-3-21(30)29-11-8-19(17-29)26-22(24-2)25-9-5-10-27-12-14-28(15-13-27)20-7-4-6-18(23)16-20/h4,6-7,16,19H,3,5,8-15,17H2,1-2H3,(H2,24,25,26). The number of anilines is 1. The topological polar surface area (TPSA) is 63.2 Å². The van der Waals surface area contributed by atoms with Crippen LogP contribution < -0.4 is 15.5 Å². The Morgan fingerprint density at radius 1 is 1.23 bits per heavy atom. The van der Waals surface area contributed by atoms with Gasteiger partial charge in [0.25, 0.3) is 0 Å². The second-order valence-electron chi connectivity index (χ2n) is 7.98. The molecular weight excluding hydrogens is 400 g/mol. The number of carbonyl (C=O) groups excluding carboxylic acids is 1. The van der Waals surface area contributed by atoms with Crippen LogP contribution in [-0.4, -0.2) is 87.1 Å².